The number of carbonyl (C=O) groups is 1. The molecule has 17 heavy (non-hydrogen) atoms. The SMILES string of the molecule is CSC1CCCC1NC(=O)c1cc(C)c(Br)s1. The predicted molar refractivity (Wildman–Crippen MR) is 79.2 cm³/mol. The lowest BCUT2D eigenvalue weighted by atomic mass is 10.2. The van der Waals surface area contributed by atoms with E-state index < -0.39 is 0 Å². The third-order valence-electron chi connectivity index (χ3n) is 3.15. The first-order valence-corrected chi connectivity index (χ1v) is 8.61. The first kappa shape index (κ1) is 13.4. The van der Waals surface area contributed by atoms with E-state index in [1.54, 1.807) is 0 Å². The summed E-state index contributed by atoms with van der Waals surface area (Å²) in [6.07, 6.45) is 5.69. The predicted octanol–water partition coefficient (Wildman–Crippen LogP) is 3.83. The van der Waals surface area contributed by atoms with Crippen LogP contribution in [0.15, 0.2) is 9.85 Å². The molecule has 2 nitrogen and oxygen atoms in total. The second-order valence-electron chi connectivity index (χ2n) is 4.35. The lowest BCUT2D eigenvalue weighted by molar-refractivity contribution is 0.0943. The molecule has 1 N–H and O–H groups in total. The van der Waals surface area contributed by atoms with Gasteiger partial charge in [0.15, 0.2) is 0 Å². The molecule has 0 bridgehead atoms. The number of thiophene rings is 1. The third kappa shape index (κ3) is 3.06. The summed E-state index contributed by atoms with van der Waals surface area (Å²) in [5.74, 6) is 0.0785. The Labute approximate surface area is 119 Å². The van der Waals surface area contributed by atoms with Gasteiger partial charge in [-0.05, 0) is 53.6 Å². The van der Waals surface area contributed by atoms with Gasteiger partial charge in [-0.2, -0.15) is 11.8 Å². The van der Waals surface area contributed by atoms with Crippen LogP contribution in [0.5, 0.6) is 0 Å². The summed E-state index contributed by atoms with van der Waals surface area (Å²) in [6.45, 7) is 2.01. The number of amides is 1. The lowest BCUT2D eigenvalue weighted by Crippen LogP contribution is -2.38. The number of carbonyl (C=O) groups excluding carboxylic acids is 1. The minimum atomic E-state index is 0.0785. The molecular weight excluding hydrogens is 318 g/mol. The fourth-order valence-electron chi connectivity index (χ4n) is 2.18. The van der Waals surface area contributed by atoms with Crippen LogP contribution in [0.3, 0.4) is 0 Å². The quantitative estimate of drug-likeness (QED) is 0.910. The van der Waals surface area contributed by atoms with Crippen LogP contribution in [0, 0.1) is 6.92 Å². The summed E-state index contributed by atoms with van der Waals surface area (Å²) in [4.78, 5) is 12.9. The van der Waals surface area contributed by atoms with Crippen LogP contribution in [-0.2, 0) is 0 Å². The Kier molecular flexibility index (Phi) is 4.55. The standard InChI is InChI=1S/C12H16BrNOS2/c1-7-6-10(17-11(7)13)12(15)14-8-4-3-5-9(8)16-2/h6,8-9H,3-5H2,1-2H3,(H,14,15). The zero-order valence-electron chi connectivity index (χ0n) is 9.96. The van der Waals surface area contributed by atoms with Crippen LogP contribution >= 0.6 is 39.0 Å². The molecule has 1 heterocycles. The summed E-state index contributed by atoms with van der Waals surface area (Å²) in [5, 5.41) is 3.75. The van der Waals surface area contributed by atoms with Gasteiger partial charge >= 0.3 is 0 Å². The Morgan fingerprint density at radius 3 is 2.94 bits per heavy atom. The molecule has 5 heteroatoms. The van der Waals surface area contributed by atoms with Crippen molar-refractivity contribution in [2.24, 2.45) is 0 Å². The summed E-state index contributed by atoms with van der Waals surface area (Å²) in [6, 6.07) is 2.30. The van der Waals surface area contributed by atoms with Gasteiger partial charge in [0.25, 0.3) is 5.91 Å². The Hall–Kier alpha value is -0.0000000000000000833. The summed E-state index contributed by atoms with van der Waals surface area (Å²) >= 11 is 6.83. The van der Waals surface area contributed by atoms with E-state index in [1.807, 2.05) is 24.8 Å². The van der Waals surface area contributed by atoms with E-state index >= 15 is 0 Å². The fourth-order valence-corrected chi connectivity index (χ4v) is 4.56. The Morgan fingerprint density at radius 1 is 1.59 bits per heavy atom. The van der Waals surface area contributed by atoms with Crippen LogP contribution in [0.1, 0.15) is 34.5 Å². The minimum absolute atomic E-state index is 0.0785. The van der Waals surface area contributed by atoms with Crippen molar-refractivity contribution in [3.05, 3.63) is 20.3 Å². The van der Waals surface area contributed by atoms with Crippen molar-refractivity contribution in [1.82, 2.24) is 5.32 Å². The molecule has 0 radical (unpaired) electrons. The second kappa shape index (κ2) is 5.76. The number of thioether (sulfide) groups is 1. The molecule has 1 aromatic rings. The van der Waals surface area contributed by atoms with Crippen LogP contribution < -0.4 is 5.32 Å². The Balaban J connectivity index is 2.01. The van der Waals surface area contributed by atoms with Crippen molar-refractivity contribution in [2.75, 3.05) is 6.26 Å². The molecule has 0 saturated heterocycles. The molecule has 1 saturated carbocycles. The van der Waals surface area contributed by atoms with Crippen LogP contribution in [0.2, 0.25) is 0 Å². The van der Waals surface area contributed by atoms with Gasteiger partial charge in [0.05, 0.1) is 8.66 Å². The van der Waals surface area contributed by atoms with E-state index in [2.05, 4.69) is 27.5 Å². The maximum absolute atomic E-state index is 12.1. The molecular formula is C12H16BrNOS2. The molecule has 94 valence electrons. The highest BCUT2D eigenvalue weighted by molar-refractivity contribution is 9.11. The van der Waals surface area contributed by atoms with E-state index in [0.717, 1.165) is 20.6 Å². The van der Waals surface area contributed by atoms with Crippen molar-refractivity contribution >= 4 is 44.9 Å². The zero-order valence-corrected chi connectivity index (χ0v) is 13.2. The average Bonchev–Trinajstić information content (AvgIpc) is 2.86. The fraction of sp³-hybridized carbons (Fsp3) is 0.583. The highest BCUT2D eigenvalue weighted by Crippen LogP contribution is 2.30. The summed E-state index contributed by atoms with van der Waals surface area (Å²) < 4.78 is 1.05. The minimum Gasteiger partial charge on any atom is -0.347 e. The normalized spacial score (nSPS) is 23.9. The van der Waals surface area contributed by atoms with Crippen molar-refractivity contribution in [1.29, 1.82) is 0 Å². The van der Waals surface area contributed by atoms with Crippen LogP contribution in [-0.4, -0.2) is 23.5 Å². The van der Waals surface area contributed by atoms with E-state index in [4.69, 9.17) is 0 Å². The third-order valence-corrected chi connectivity index (χ3v) is 6.46. The van der Waals surface area contributed by atoms with Gasteiger partial charge in [-0.1, -0.05) is 6.42 Å². The number of nitrogens with one attached hydrogen (secondary N) is 1. The maximum atomic E-state index is 12.1. The van der Waals surface area contributed by atoms with E-state index in [-0.39, 0.29) is 5.91 Å². The number of hydrogen-bond donors (Lipinski definition) is 1. The molecule has 1 aromatic heterocycles. The average molecular weight is 334 g/mol. The molecule has 1 aliphatic rings. The lowest BCUT2D eigenvalue weighted by Gasteiger charge is -2.18. The van der Waals surface area contributed by atoms with Gasteiger partial charge in [-0.15, -0.1) is 11.3 Å². The molecule has 1 aliphatic carbocycles. The van der Waals surface area contributed by atoms with Gasteiger partial charge in [-0.3, -0.25) is 4.79 Å². The second-order valence-corrected chi connectivity index (χ2v) is 7.80. The smallest absolute Gasteiger partial charge is 0.261 e. The highest BCUT2D eigenvalue weighted by atomic mass is 79.9. The van der Waals surface area contributed by atoms with E-state index in [1.165, 1.54) is 24.2 Å². The van der Waals surface area contributed by atoms with Gasteiger partial charge in [0.2, 0.25) is 0 Å². The summed E-state index contributed by atoms with van der Waals surface area (Å²) in [5.41, 5.74) is 1.13. The molecule has 2 rings (SSSR count). The molecule has 2 atom stereocenters. The van der Waals surface area contributed by atoms with Crippen LogP contribution in [0.4, 0.5) is 0 Å². The van der Waals surface area contributed by atoms with Gasteiger partial charge in [-0.25, -0.2) is 0 Å². The number of halogens is 1. The number of aryl methyl sites for hydroxylation is 1. The monoisotopic (exact) mass is 333 g/mol. The van der Waals surface area contributed by atoms with Gasteiger partial charge < -0.3 is 5.32 Å². The number of hydrogen-bond acceptors (Lipinski definition) is 3. The van der Waals surface area contributed by atoms with Crippen molar-refractivity contribution in [3.8, 4) is 0 Å². The van der Waals surface area contributed by atoms with Crippen molar-refractivity contribution < 1.29 is 4.79 Å². The molecule has 0 aromatic carbocycles. The number of rotatable bonds is 3. The summed E-state index contributed by atoms with van der Waals surface area (Å²) in [7, 11) is 0. The molecule has 0 aliphatic heterocycles. The Morgan fingerprint density at radius 2 is 2.35 bits per heavy atom. The zero-order chi connectivity index (χ0) is 12.4. The van der Waals surface area contributed by atoms with E-state index in [0.29, 0.717) is 11.3 Å². The molecule has 1 amide bonds. The van der Waals surface area contributed by atoms with Gasteiger partial charge in [0, 0.05) is 11.3 Å². The Bertz CT molecular complexity index is 399. The van der Waals surface area contributed by atoms with Crippen molar-refractivity contribution in [3.63, 3.8) is 0 Å². The maximum Gasteiger partial charge on any atom is 0.261 e. The first-order valence-electron chi connectivity index (χ1n) is 5.71. The first-order chi connectivity index (χ1) is 8.11. The van der Waals surface area contributed by atoms with E-state index in [9.17, 15) is 4.79 Å². The highest BCUT2D eigenvalue weighted by Gasteiger charge is 2.28. The molecule has 1 fully saturated rings. The molecule has 2 unspecified atom stereocenters. The van der Waals surface area contributed by atoms with Crippen molar-refractivity contribution in [2.45, 2.75) is 37.5 Å². The topological polar surface area (TPSA) is 29.1 Å². The largest absolute Gasteiger partial charge is 0.347 e. The van der Waals surface area contributed by atoms with Crippen LogP contribution in [0.25, 0.3) is 0 Å². The van der Waals surface area contributed by atoms with Gasteiger partial charge in [0.1, 0.15) is 0 Å². The molecule has 0 spiro atoms.